The van der Waals surface area contributed by atoms with E-state index in [1.165, 1.54) is 18.5 Å². The third-order valence-corrected chi connectivity index (χ3v) is 8.36. The van der Waals surface area contributed by atoms with E-state index < -0.39 is 35.0 Å². The lowest BCUT2D eigenvalue weighted by Gasteiger charge is -2.47. The molecule has 1 fully saturated rings. The van der Waals surface area contributed by atoms with Crippen molar-refractivity contribution in [2.45, 2.75) is 89.3 Å². The number of aromatic nitrogens is 3. The number of halogens is 3. The van der Waals surface area contributed by atoms with E-state index in [0.717, 1.165) is 11.3 Å². The molecule has 2 aromatic heterocycles. The lowest BCUT2D eigenvalue weighted by molar-refractivity contribution is -0.135. The summed E-state index contributed by atoms with van der Waals surface area (Å²) in [7, 11) is 0. The summed E-state index contributed by atoms with van der Waals surface area (Å²) in [6.45, 7) is 5.98. The quantitative estimate of drug-likeness (QED) is 0.555. The van der Waals surface area contributed by atoms with E-state index >= 15 is 0 Å². The minimum absolute atomic E-state index is 0.00452. The predicted octanol–water partition coefficient (Wildman–Crippen LogP) is 2.44. The second kappa shape index (κ2) is 9.14. The third kappa shape index (κ3) is 4.89. The number of thiophene rings is 1. The van der Waals surface area contributed by atoms with Crippen molar-refractivity contribution < 1.29 is 33.2 Å². The summed E-state index contributed by atoms with van der Waals surface area (Å²) < 4.78 is 48.5. The molecule has 12 heteroatoms. The van der Waals surface area contributed by atoms with Gasteiger partial charge in [-0.1, -0.05) is 5.21 Å². The van der Waals surface area contributed by atoms with Crippen molar-refractivity contribution in [2.24, 2.45) is 0 Å². The molecule has 190 valence electrons. The van der Waals surface area contributed by atoms with Crippen LogP contribution in [0, 0.1) is 0 Å². The van der Waals surface area contributed by atoms with E-state index in [1.807, 2.05) is 6.92 Å². The summed E-state index contributed by atoms with van der Waals surface area (Å²) in [5, 5.41) is 37.9. The minimum atomic E-state index is -4.50. The van der Waals surface area contributed by atoms with E-state index in [1.54, 1.807) is 6.20 Å². The molecule has 0 radical (unpaired) electrons. The van der Waals surface area contributed by atoms with Crippen LogP contribution >= 0.6 is 11.3 Å². The zero-order valence-electron chi connectivity index (χ0n) is 19.5. The fraction of sp³-hybridized carbons (Fsp3) is 0.727. The Morgan fingerprint density at radius 1 is 1.35 bits per heavy atom. The van der Waals surface area contributed by atoms with Gasteiger partial charge in [0, 0.05) is 35.8 Å². The van der Waals surface area contributed by atoms with Crippen LogP contribution in [-0.4, -0.2) is 66.1 Å². The maximum atomic E-state index is 13.6. The van der Waals surface area contributed by atoms with Gasteiger partial charge < -0.3 is 20.1 Å². The molecule has 2 aromatic rings. The number of aliphatic hydroxyl groups is 3. The van der Waals surface area contributed by atoms with Gasteiger partial charge in [0.05, 0.1) is 31.1 Å². The van der Waals surface area contributed by atoms with Gasteiger partial charge in [-0.25, -0.2) is 4.68 Å². The van der Waals surface area contributed by atoms with Crippen molar-refractivity contribution in [1.29, 1.82) is 0 Å². The fourth-order valence-corrected chi connectivity index (χ4v) is 6.29. The predicted molar refractivity (Wildman–Crippen MR) is 118 cm³/mol. The van der Waals surface area contributed by atoms with E-state index in [-0.39, 0.29) is 18.2 Å². The van der Waals surface area contributed by atoms with Gasteiger partial charge in [0.1, 0.15) is 16.6 Å². The molecular weight excluding hydrogens is 473 g/mol. The molecule has 4 heterocycles. The van der Waals surface area contributed by atoms with Crippen LogP contribution in [0.1, 0.15) is 60.2 Å². The van der Waals surface area contributed by atoms with Crippen LogP contribution < -0.4 is 0 Å². The molecule has 0 aromatic carbocycles. The molecule has 0 saturated carbocycles. The van der Waals surface area contributed by atoms with Gasteiger partial charge in [0.15, 0.2) is 0 Å². The van der Waals surface area contributed by atoms with Gasteiger partial charge in [-0.2, -0.15) is 13.2 Å². The van der Waals surface area contributed by atoms with E-state index in [4.69, 9.17) is 4.74 Å². The van der Waals surface area contributed by atoms with Gasteiger partial charge in [-0.15, -0.1) is 16.4 Å². The van der Waals surface area contributed by atoms with Crippen molar-refractivity contribution in [3.8, 4) is 0 Å². The summed E-state index contributed by atoms with van der Waals surface area (Å²) >= 11 is 0.719. The number of aliphatic hydroxyl groups excluding tert-OH is 2. The average molecular weight is 505 g/mol. The molecule has 3 atom stereocenters. The number of hydrogen-bond donors (Lipinski definition) is 3. The van der Waals surface area contributed by atoms with Crippen molar-refractivity contribution >= 4 is 11.3 Å². The number of rotatable bonds is 6. The Kier molecular flexibility index (Phi) is 6.86. The standard InChI is InChI=1S/C22H31F3N4O4S/c1-13-8-21(18-15(4-7-33-21)16(12-30)19(34-18)22(23,24)25)5-6-28(13)9-14-10-29(27-26-14)11-17(31)20(2,3)32/h10,13,17,30-32H,4-9,11-12H2,1-3H3/t13-,17?,21+/m0/s1. The van der Waals surface area contributed by atoms with E-state index in [9.17, 15) is 28.5 Å². The fourth-order valence-electron chi connectivity index (χ4n) is 4.88. The van der Waals surface area contributed by atoms with Crippen LogP contribution in [0.3, 0.4) is 0 Å². The van der Waals surface area contributed by atoms with Crippen molar-refractivity contribution in [1.82, 2.24) is 19.9 Å². The number of ether oxygens (including phenoxy) is 1. The zero-order chi connectivity index (χ0) is 24.9. The van der Waals surface area contributed by atoms with Crippen molar-refractivity contribution in [3.63, 3.8) is 0 Å². The molecule has 34 heavy (non-hydrogen) atoms. The molecule has 3 N–H and O–H groups in total. The Balaban J connectivity index is 1.48. The first-order chi connectivity index (χ1) is 15.8. The SMILES string of the molecule is C[C@H]1C[C@@]2(CCN1Cc1cn(CC(O)C(C)(C)O)nn1)OCCc1c2sc(C(F)(F)F)c1CO. The number of piperidine rings is 1. The molecule has 0 aliphatic carbocycles. The van der Waals surface area contributed by atoms with Crippen LogP contribution in [0.5, 0.6) is 0 Å². The van der Waals surface area contributed by atoms with Crippen LogP contribution in [0.4, 0.5) is 13.2 Å². The van der Waals surface area contributed by atoms with Crippen LogP contribution in [0.15, 0.2) is 6.20 Å². The van der Waals surface area contributed by atoms with Gasteiger partial charge in [-0.05, 0) is 45.6 Å². The first-order valence-electron chi connectivity index (χ1n) is 11.3. The molecule has 8 nitrogen and oxygen atoms in total. The first kappa shape index (κ1) is 25.5. The lowest BCUT2D eigenvalue weighted by Crippen LogP contribution is -2.50. The summed E-state index contributed by atoms with van der Waals surface area (Å²) in [6.07, 6.45) is -2.32. The number of likely N-dealkylation sites (tertiary alicyclic amines) is 1. The Morgan fingerprint density at radius 3 is 2.71 bits per heavy atom. The smallest absolute Gasteiger partial charge is 0.392 e. The zero-order valence-corrected chi connectivity index (χ0v) is 20.3. The van der Waals surface area contributed by atoms with Gasteiger partial charge >= 0.3 is 6.18 Å². The lowest BCUT2D eigenvalue weighted by atomic mass is 9.81. The maximum absolute atomic E-state index is 13.6. The van der Waals surface area contributed by atoms with Gasteiger partial charge in [0.2, 0.25) is 0 Å². The highest BCUT2D eigenvalue weighted by molar-refractivity contribution is 7.12. The molecular formula is C22H31F3N4O4S. The maximum Gasteiger partial charge on any atom is 0.425 e. The molecule has 1 spiro atoms. The molecule has 4 rings (SSSR count). The molecule has 0 bridgehead atoms. The molecule has 2 aliphatic rings. The van der Waals surface area contributed by atoms with E-state index in [2.05, 4.69) is 15.2 Å². The van der Waals surface area contributed by atoms with Gasteiger partial charge in [0.25, 0.3) is 0 Å². The highest BCUT2D eigenvalue weighted by Crippen LogP contribution is 2.51. The summed E-state index contributed by atoms with van der Waals surface area (Å²) in [5.74, 6) is 0. The molecule has 0 amide bonds. The number of fused-ring (bicyclic) bond motifs is 2. The second-order valence-electron chi connectivity index (χ2n) is 9.84. The Hall–Kier alpha value is -1.57. The third-order valence-electron chi connectivity index (χ3n) is 6.85. The Morgan fingerprint density at radius 2 is 2.09 bits per heavy atom. The summed E-state index contributed by atoms with van der Waals surface area (Å²) in [5.41, 5.74) is -0.746. The highest BCUT2D eigenvalue weighted by atomic mass is 32.1. The minimum Gasteiger partial charge on any atom is -0.392 e. The van der Waals surface area contributed by atoms with Crippen molar-refractivity contribution in [3.05, 3.63) is 32.8 Å². The Labute approximate surface area is 200 Å². The summed E-state index contributed by atoms with van der Waals surface area (Å²) in [4.78, 5) is 2.08. The number of alkyl halides is 3. The molecule has 1 saturated heterocycles. The normalized spacial score (nSPS) is 25.0. The van der Waals surface area contributed by atoms with Crippen molar-refractivity contribution in [2.75, 3.05) is 13.2 Å². The summed E-state index contributed by atoms with van der Waals surface area (Å²) in [6, 6.07) is 0.0147. The number of nitrogens with zero attached hydrogens (tertiary/aromatic N) is 4. The largest absolute Gasteiger partial charge is 0.425 e. The number of hydrogen-bond acceptors (Lipinski definition) is 8. The van der Waals surface area contributed by atoms with Crippen LogP contribution in [0.25, 0.3) is 0 Å². The highest BCUT2D eigenvalue weighted by Gasteiger charge is 2.48. The second-order valence-corrected chi connectivity index (χ2v) is 10.9. The van der Waals surface area contributed by atoms with Gasteiger partial charge in [-0.3, -0.25) is 4.90 Å². The van der Waals surface area contributed by atoms with Crippen LogP contribution in [0.2, 0.25) is 0 Å². The van der Waals surface area contributed by atoms with Crippen LogP contribution in [-0.2, 0) is 42.6 Å². The molecule has 2 aliphatic heterocycles. The topological polar surface area (TPSA) is 104 Å². The monoisotopic (exact) mass is 504 g/mol. The Bertz CT molecular complexity index is 1020. The van der Waals surface area contributed by atoms with E-state index in [0.29, 0.717) is 55.1 Å². The first-order valence-corrected chi connectivity index (χ1v) is 12.2. The molecule has 1 unspecified atom stereocenters. The average Bonchev–Trinajstić information content (AvgIpc) is 3.34.